The molecule has 2 heterocycles. The molecule has 1 aromatic carbocycles. The smallest absolute Gasteiger partial charge is 0.244 e. The second-order valence-electron chi connectivity index (χ2n) is 5.90. The van der Waals surface area contributed by atoms with Crippen LogP contribution in [-0.2, 0) is 21.4 Å². The molecule has 0 aliphatic rings. The molecule has 0 radical (unpaired) electrons. The van der Waals surface area contributed by atoms with Gasteiger partial charge in [-0.2, -0.15) is 4.31 Å². The van der Waals surface area contributed by atoms with Gasteiger partial charge in [-0.05, 0) is 24.3 Å². The van der Waals surface area contributed by atoms with Gasteiger partial charge in [-0.25, -0.2) is 13.4 Å². The zero-order valence-corrected chi connectivity index (χ0v) is 17.1. The van der Waals surface area contributed by atoms with Crippen LogP contribution in [-0.4, -0.2) is 48.4 Å². The van der Waals surface area contributed by atoms with Gasteiger partial charge in [-0.15, -0.1) is 0 Å². The number of nitrogens with zero attached hydrogens (tertiary/aromatic N) is 4. The van der Waals surface area contributed by atoms with E-state index in [-0.39, 0.29) is 13.1 Å². The van der Waals surface area contributed by atoms with Crippen LogP contribution in [0.2, 0.25) is 5.02 Å². The predicted molar refractivity (Wildman–Crippen MR) is 108 cm³/mol. The molecule has 0 bridgehead atoms. The van der Waals surface area contributed by atoms with Crippen LogP contribution < -0.4 is 4.90 Å². The Morgan fingerprint density at radius 2 is 2.00 bits per heavy atom. The van der Waals surface area contributed by atoms with E-state index in [4.69, 9.17) is 11.6 Å². The predicted octanol–water partition coefficient (Wildman–Crippen LogP) is 2.77. The fourth-order valence-electron chi connectivity index (χ4n) is 2.33. The number of likely N-dealkylation sites (N-methyl/N-ethyl adjacent to an activating group) is 1. The SMILES string of the molecule is CN(CC(=O)N(Cc1ccccn1)c1nc2c(Cl)cccc2s1)S(C)(=O)=O. The topological polar surface area (TPSA) is 83.5 Å². The molecule has 0 N–H and O–H groups in total. The summed E-state index contributed by atoms with van der Waals surface area (Å²) in [5.74, 6) is -0.399. The Hall–Kier alpha value is -2.07. The summed E-state index contributed by atoms with van der Waals surface area (Å²) in [5, 5.41) is 0.934. The highest BCUT2D eigenvalue weighted by Gasteiger charge is 2.24. The lowest BCUT2D eigenvalue weighted by Gasteiger charge is -2.22. The van der Waals surface area contributed by atoms with Crippen LogP contribution in [0.15, 0.2) is 42.6 Å². The lowest BCUT2D eigenvalue weighted by Crippen LogP contribution is -2.40. The zero-order chi connectivity index (χ0) is 19.6. The van der Waals surface area contributed by atoms with E-state index in [1.54, 1.807) is 24.4 Å². The summed E-state index contributed by atoms with van der Waals surface area (Å²) in [5.41, 5.74) is 1.27. The maximum Gasteiger partial charge on any atom is 0.244 e. The van der Waals surface area contributed by atoms with E-state index >= 15 is 0 Å². The number of carbonyl (C=O) groups is 1. The van der Waals surface area contributed by atoms with E-state index in [1.807, 2.05) is 18.2 Å². The molecule has 2 aromatic heterocycles. The molecule has 7 nitrogen and oxygen atoms in total. The van der Waals surface area contributed by atoms with Gasteiger partial charge in [0.05, 0.1) is 34.8 Å². The van der Waals surface area contributed by atoms with E-state index in [2.05, 4.69) is 9.97 Å². The van der Waals surface area contributed by atoms with E-state index in [9.17, 15) is 13.2 Å². The Labute approximate surface area is 166 Å². The van der Waals surface area contributed by atoms with Crippen molar-refractivity contribution in [1.82, 2.24) is 14.3 Å². The van der Waals surface area contributed by atoms with Crippen molar-refractivity contribution in [3.05, 3.63) is 53.3 Å². The highest BCUT2D eigenvalue weighted by atomic mass is 35.5. The number of fused-ring (bicyclic) bond motifs is 1. The second-order valence-corrected chi connectivity index (χ2v) is 9.41. The fraction of sp³-hybridized carbons (Fsp3) is 0.235. The Balaban J connectivity index is 1.98. The number of amides is 1. The van der Waals surface area contributed by atoms with Crippen molar-refractivity contribution in [2.75, 3.05) is 24.7 Å². The number of benzene rings is 1. The molecule has 0 aliphatic heterocycles. The van der Waals surface area contributed by atoms with Gasteiger partial charge in [0.2, 0.25) is 15.9 Å². The summed E-state index contributed by atoms with van der Waals surface area (Å²) < 4.78 is 25.2. The number of thiazole rings is 1. The van der Waals surface area contributed by atoms with Crippen LogP contribution in [0.1, 0.15) is 5.69 Å². The first-order chi connectivity index (χ1) is 12.8. The van der Waals surface area contributed by atoms with Gasteiger partial charge in [-0.1, -0.05) is 35.1 Å². The van der Waals surface area contributed by atoms with Crippen LogP contribution >= 0.6 is 22.9 Å². The average molecular weight is 425 g/mol. The molecule has 0 spiro atoms. The number of hydrogen-bond acceptors (Lipinski definition) is 6. The van der Waals surface area contributed by atoms with E-state index in [0.29, 0.717) is 21.4 Å². The monoisotopic (exact) mass is 424 g/mol. The van der Waals surface area contributed by atoms with Crippen LogP contribution in [0.4, 0.5) is 5.13 Å². The lowest BCUT2D eigenvalue weighted by atomic mass is 10.3. The Bertz CT molecular complexity index is 1070. The summed E-state index contributed by atoms with van der Waals surface area (Å²) in [6.45, 7) is -0.121. The van der Waals surface area contributed by atoms with Gasteiger partial charge in [0.25, 0.3) is 0 Å². The molecular formula is C17H17ClN4O3S2. The molecule has 3 aromatic rings. The molecular weight excluding hydrogens is 408 g/mol. The first-order valence-electron chi connectivity index (χ1n) is 7.92. The number of sulfonamides is 1. The summed E-state index contributed by atoms with van der Waals surface area (Å²) in [6.07, 6.45) is 2.69. The van der Waals surface area contributed by atoms with Gasteiger partial charge in [0.15, 0.2) is 5.13 Å². The van der Waals surface area contributed by atoms with E-state index in [1.165, 1.54) is 23.3 Å². The molecule has 0 saturated heterocycles. The minimum Gasteiger partial charge on any atom is -0.281 e. The molecule has 10 heteroatoms. The maximum atomic E-state index is 12.9. The molecule has 1 amide bonds. The first-order valence-corrected chi connectivity index (χ1v) is 11.0. The van der Waals surface area contributed by atoms with Crippen LogP contribution in [0.3, 0.4) is 0 Å². The van der Waals surface area contributed by atoms with E-state index in [0.717, 1.165) is 15.3 Å². The number of carbonyl (C=O) groups excluding carboxylic acids is 1. The number of halogens is 1. The van der Waals surface area contributed by atoms with Crippen LogP contribution in [0, 0.1) is 0 Å². The van der Waals surface area contributed by atoms with Gasteiger partial charge in [-0.3, -0.25) is 14.7 Å². The van der Waals surface area contributed by atoms with Crippen molar-refractivity contribution in [2.24, 2.45) is 0 Å². The average Bonchev–Trinajstić information content (AvgIpc) is 3.05. The number of hydrogen-bond donors (Lipinski definition) is 0. The number of rotatable bonds is 6. The van der Waals surface area contributed by atoms with Crippen molar-refractivity contribution in [3.63, 3.8) is 0 Å². The van der Waals surface area contributed by atoms with E-state index < -0.39 is 15.9 Å². The zero-order valence-electron chi connectivity index (χ0n) is 14.7. The second kappa shape index (κ2) is 7.89. The molecule has 0 unspecified atom stereocenters. The standard InChI is InChI=1S/C17H17ClN4O3S2/c1-21(27(2,24)25)11-15(23)22(10-12-6-3-4-9-19-12)17-20-16-13(18)7-5-8-14(16)26-17/h3-9H,10-11H2,1-2H3. The third-order valence-electron chi connectivity index (χ3n) is 3.86. The highest BCUT2D eigenvalue weighted by molar-refractivity contribution is 7.88. The highest BCUT2D eigenvalue weighted by Crippen LogP contribution is 2.33. The van der Waals surface area contributed by atoms with Crippen molar-refractivity contribution in [2.45, 2.75) is 6.54 Å². The third-order valence-corrected chi connectivity index (χ3v) is 6.47. The number of anilines is 1. The Kier molecular flexibility index (Phi) is 5.75. The van der Waals surface area contributed by atoms with Crippen molar-refractivity contribution < 1.29 is 13.2 Å². The van der Waals surface area contributed by atoms with Crippen LogP contribution in [0.25, 0.3) is 10.2 Å². The van der Waals surface area contributed by atoms with Crippen LogP contribution in [0.5, 0.6) is 0 Å². The lowest BCUT2D eigenvalue weighted by molar-refractivity contribution is -0.118. The molecule has 0 aliphatic carbocycles. The fourth-order valence-corrected chi connectivity index (χ4v) is 3.95. The molecule has 0 fully saturated rings. The largest absolute Gasteiger partial charge is 0.281 e. The molecule has 142 valence electrons. The normalized spacial score (nSPS) is 11.9. The van der Waals surface area contributed by atoms with Gasteiger partial charge < -0.3 is 0 Å². The maximum absolute atomic E-state index is 12.9. The summed E-state index contributed by atoms with van der Waals surface area (Å²) in [6, 6.07) is 10.8. The number of pyridine rings is 1. The Morgan fingerprint density at radius 3 is 2.63 bits per heavy atom. The number of aromatic nitrogens is 2. The minimum atomic E-state index is -3.49. The van der Waals surface area contributed by atoms with Crippen molar-refractivity contribution >= 4 is 54.2 Å². The third kappa shape index (κ3) is 4.62. The Morgan fingerprint density at radius 1 is 1.22 bits per heavy atom. The van der Waals surface area contributed by atoms with Gasteiger partial charge in [0.1, 0.15) is 5.52 Å². The van der Waals surface area contributed by atoms with Gasteiger partial charge >= 0.3 is 0 Å². The molecule has 0 atom stereocenters. The quantitative estimate of drug-likeness (QED) is 0.607. The molecule has 27 heavy (non-hydrogen) atoms. The van der Waals surface area contributed by atoms with Crippen molar-refractivity contribution in [1.29, 1.82) is 0 Å². The minimum absolute atomic E-state index is 0.175. The first kappa shape index (κ1) is 19.7. The summed E-state index contributed by atoms with van der Waals surface area (Å²) in [4.78, 5) is 23.1. The number of para-hydroxylation sites is 1. The summed E-state index contributed by atoms with van der Waals surface area (Å²) >= 11 is 7.52. The van der Waals surface area contributed by atoms with Gasteiger partial charge in [0, 0.05) is 13.2 Å². The summed E-state index contributed by atoms with van der Waals surface area (Å²) in [7, 11) is -2.12. The molecule has 0 saturated carbocycles. The van der Waals surface area contributed by atoms with Crippen molar-refractivity contribution in [3.8, 4) is 0 Å². The molecule has 3 rings (SSSR count).